The lowest BCUT2D eigenvalue weighted by Crippen LogP contribution is -2.34. The second kappa shape index (κ2) is 10.4. The van der Waals surface area contributed by atoms with Crippen molar-refractivity contribution in [3.63, 3.8) is 0 Å². The summed E-state index contributed by atoms with van der Waals surface area (Å²) in [4.78, 5) is 12.2. The molecule has 1 unspecified atom stereocenters. The molecule has 0 heterocycles. The van der Waals surface area contributed by atoms with Gasteiger partial charge in [0.25, 0.3) is 0 Å². The van der Waals surface area contributed by atoms with Gasteiger partial charge in [-0.15, -0.1) is 0 Å². The van der Waals surface area contributed by atoms with Crippen molar-refractivity contribution in [3.05, 3.63) is 35.9 Å². The number of hydrogen-bond donors (Lipinski definition) is 2. The topological polar surface area (TPSA) is 55.1 Å². The maximum Gasteiger partial charge on any atom is 0.228 e. The second-order valence-corrected chi connectivity index (χ2v) is 6.09. The normalized spacial score (nSPS) is 12.4. The highest BCUT2D eigenvalue weighted by Crippen LogP contribution is 2.14. The molecular formula is C18H30N2O. The van der Waals surface area contributed by atoms with Crippen molar-refractivity contribution in [2.24, 2.45) is 11.7 Å². The minimum atomic E-state index is -0.229. The Morgan fingerprint density at radius 2 is 1.76 bits per heavy atom. The average molecular weight is 290 g/mol. The highest BCUT2D eigenvalue weighted by atomic mass is 16.1. The van der Waals surface area contributed by atoms with Gasteiger partial charge in [0.05, 0.1) is 5.92 Å². The lowest BCUT2D eigenvalue weighted by atomic mass is 9.98. The van der Waals surface area contributed by atoms with E-state index in [2.05, 4.69) is 19.2 Å². The van der Waals surface area contributed by atoms with Gasteiger partial charge in [-0.1, -0.05) is 69.9 Å². The molecule has 1 atom stereocenters. The number of carbonyl (C=O) groups is 1. The molecule has 0 saturated carbocycles. The third-order valence-electron chi connectivity index (χ3n) is 3.76. The summed E-state index contributed by atoms with van der Waals surface area (Å²) < 4.78 is 0. The van der Waals surface area contributed by atoms with Crippen LogP contribution in [0.2, 0.25) is 0 Å². The number of nitrogens with two attached hydrogens (primary N) is 1. The minimum Gasteiger partial charge on any atom is -0.356 e. The Labute approximate surface area is 129 Å². The maximum absolute atomic E-state index is 12.2. The van der Waals surface area contributed by atoms with Crippen LogP contribution >= 0.6 is 0 Å². The average Bonchev–Trinajstić information content (AvgIpc) is 2.48. The largest absolute Gasteiger partial charge is 0.356 e. The molecule has 0 fully saturated rings. The number of benzene rings is 1. The van der Waals surface area contributed by atoms with Gasteiger partial charge < -0.3 is 11.1 Å². The predicted molar refractivity (Wildman–Crippen MR) is 89.2 cm³/mol. The van der Waals surface area contributed by atoms with Crippen LogP contribution in [-0.2, 0) is 4.79 Å². The van der Waals surface area contributed by atoms with Crippen molar-refractivity contribution in [2.45, 2.75) is 51.9 Å². The van der Waals surface area contributed by atoms with Crippen LogP contribution < -0.4 is 11.1 Å². The molecule has 0 aliphatic rings. The molecule has 1 aromatic carbocycles. The standard InChI is InChI=1S/C18H30N2O/c1-15(2)10-6-3-4-9-13-20-18(21)17(14-19)16-11-7-5-8-12-16/h5,7-8,11-12,15,17H,3-4,6,9-10,13-14,19H2,1-2H3,(H,20,21). The van der Waals surface area contributed by atoms with Gasteiger partial charge in [-0.3, -0.25) is 4.79 Å². The smallest absolute Gasteiger partial charge is 0.228 e. The van der Waals surface area contributed by atoms with E-state index in [1.165, 1.54) is 25.7 Å². The molecule has 3 N–H and O–H groups in total. The number of rotatable bonds is 10. The summed E-state index contributed by atoms with van der Waals surface area (Å²) in [5.74, 6) is 0.610. The van der Waals surface area contributed by atoms with E-state index in [1.54, 1.807) is 0 Å². The summed E-state index contributed by atoms with van der Waals surface area (Å²) in [6.45, 7) is 5.63. The molecule has 0 aliphatic heterocycles. The molecule has 0 aliphatic carbocycles. The SMILES string of the molecule is CC(C)CCCCCCNC(=O)C(CN)c1ccccc1. The van der Waals surface area contributed by atoms with Crippen LogP contribution in [0.4, 0.5) is 0 Å². The Kier molecular flexibility index (Phi) is 8.76. The zero-order chi connectivity index (χ0) is 15.5. The van der Waals surface area contributed by atoms with Gasteiger partial charge in [0.1, 0.15) is 0 Å². The van der Waals surface area contributed by atoms with Gasteiger partial charge in [0, 0.05) is 13.1 Å². The molecule has 0 radical (unpaired) electrons. The maximum atomic E-state index is 12.2. The van der Waals surface area contributed by atoms with Gasteiger partial charge in [-0.25, -0.2) is 0 Å². The number of carbonyl (C=O) groups excluding carboxylic acids is 1. The first-order valence-electron chi connectivity index (χ1n) is 8.18. The van der Waals surface area contributed by atoms with Gasteiger partial charge >= 0.3 is 0 Å². The fourth-order valence-electron chi connectivity index (χ4n) is 2.45. The first-order chi connectivity index (χ1) is 10.1. The van der Waals surface area contributed by atoms with E-state index in [-0.39, 0.29) is 11.8 Å². The Hall–Kier alpha value is -1.35. The van der Waals surface area contributed by atoms with Gasteiger partial charge in [0.15, 0.2) is 0 Å². The van der Waals surface area contributed by atoms with Crippen LogP contribution in [0, 0.1) is 5.92 Å². The van der Waals surface area contributed by atoms with Crippen molar-refractivity contribution < 1.29 is 4.79 Å². The fourth-order valence-corrected chi connectivity index (χ4v) is 2.45. The Morgan fingerprint density at radius 3 is 2.38 bits per heavy atom. The molecule has 0 aromatic heterocycles. The van der Waals surface area contributed by atoms with E-state index in [9.17, 15) is 4.79 Å². The predicted octanol–water partition coefficient (Wildman–Crippen LogP) is 3.45. The van der Waals surface area contributed by atoms with Crippen LogP contribution in [0.1, 0.15) is 57.4 Å². The molecule has 3 heteroatoms. The van der Waals surface area contributed by atoms with Crippen LogP contribution in [0.3, 0.4) is 0 Å². The highest BCUT2D eigenvalue weighted by Gasteiger charge is 2.17. The molecule has 0 bridgehead atoms. The van der Waals surface area contributed by atoms with E-state index in [0.29, 0.717) is 6.54 Å². The summed E-state index contributed by atoms with van der Waals surface area (Å²) in [5.41, 5.74) is 6.74. The molecule has 3 nitrogen and oxygen atoms in total. The quantitative estimate of drug-likeness (QED) is 0.648. The second-order valence-electron chi connectivity index (χ2n) is 6.09. The Bertz CT molecular complexity index is 389. The zero-order valence-corrected chi connectivity index (χ0v) is 13.5. The first-order valence-corrected chi connectivity index (χ1v) is 8.18. The highest BCUT2D eigenvalue weighted by molar-refractivity contribution is 5.83. The van der Waals surface area contributed by atoms with Crippen molar-refractivity contribution in [1.82, 2.24) is 5.32 Å². The van der Waals surface area contributed by atoms with Crippen LogP contribution in [0.25, 0.3) is 0 Å². The number of hydrogen-bond acceptors (Lipinski definition) is 2. The summed E-state index contributed by atoms with van der Waals surface area (Å²) >= 11 is 0. The van der Waals surface area contributed by atoms with Crippen molar-refractivity contribution in [1.29, 1.82) is 0 Å². The van der Waals surface area contributed by atoms with Gasteiger partial charge in [0.2, 0.25) is 5.91 Å². The molecular weight excluding hydrogens is 260 g/mol. The van der Waals surface area contributed by atoms with Crippen LogP contribution in [0.15, 0.2) is 30.3 Å². The minimum absolute atomic E-state index is 0.0471. The van der Waals surface area contributed by atoms with Gasteiger partial charge in [-0.2, -0.15) is 0 Å². The number of unbranched alkanes of at least 4 members (excludes halogenated alkanes) is 3. The molecule has 1 rings (SSSR count). The summed E-state index contributed by atoms with van der Waals surface area (Å²) in [6, 6.07) is 9.76. The zero-order valence-electron chi connectivity index (χ0n) is 13.5. The van der Waals surface area contributed by atoms with Crippen molar-refractivity contribution >= 4 is 5.91 Å². The number of nitrogens with one attached hydrogen (secondary N) is 1. The van der Waals surface area contributed by atoms with Crippen molar-refractivity contribution in [2.75, 3.05) is 13.1 Å². The Morgan fingerprint density at radius 1 is 1.10 bits per heavy atom. The van der Waals surface area contributed by atoms with Crippen molar-refractivity contribution in [3.8, 4) is 0 Å². The third-order valence-corrected chi connectivity index (χ3v) is 3.76. The van der Waals surface area contributed by atoms with E-state index in [4.69, 9.17) is 5.73 Å². The van der Waals surface area contributed by atoms with Gasteiger partial charge in [-0.05, 0) is 17.9 Å². The first kappa shape index (κ1) is 17.7. The summed E-state index contributed by atoms with van der Waals surface area (Å²) in [7, 11) is 0. The molecule has 0 saturated heterocycles. The monoisotopic (exact) mass is 290 g/mol. The van der Waals surface area contributed by atoms with E-state index < -0.39 is 0 Å². The molecule has 1 amide bonds. The molecule has 1 aromatic rings. The lowest BCUT2D eigenvalue weighted by Gasteiger charge is -2.15. The van der Waals surface area contributed by atoms with E-state index in [0.717, 1.165) is 24.4 Å². The van der Waals surface area contributed by atoms with E-state index in [1.807, 2.05) is 30.3 Å². The third kappa shape index (κ3) is 7.28. The number of amides is 1. The lowest BCUT2D eigenvalue weighted by molar-refractivity contribution is -0.122. The fraction of sp³-hybridized carbons (Fsp3) is 0.611. The van der Waals surface area contributed by atoms with Crippen LogP contribution in [0.5, 0.6) is 0 Å². The summed E-state index contributed by atoms with van der Waals surface area (Å²) in [5, 5.41) is 3.01. The molecule has 118 valence electrons. The summed E-state index contributed by atoms with van der Waals surface area (Å²) in [6.07, 6.45) is 6.09. The molecule has 0 spiro atoms. The van der Waals surface area contributed by atoms with E-state index >= 15 is 0 Å². The van der Waals surface area contributed by atoms with Crippen LogP contribution in [-0.4, -0.2) is 19.0 Å². The molecule has 21 heavy (non-hydrogen) atoms. The Balaban J connectivity index is 2.20.